The van der Waals surface area contributed by atoms with Crippen molar-refractivity contribution in [3.05, 3.63) is 117 Å². The SMILES string of the molecule is CNC(=O)CNC(=O)C1=Cc2cc(OC)ccc2-c2c(C3CCCCC3)c3ccc(C(=O)OC)cc3n2C1.COC(=O)c1ccc2c(C3CCCCC3)c3n(c2c1)CC(C(=O)O)=Cc1cc(OC)ccc1-3. The van der Waals surface area contributed by atoms with Gasteiger partial charge in [-0.1, -0.05) is 50.7 Å². The van der Waals surface area contributed by atoms with Gasteiger partial charge in [0, 0.05) is 45.6 Å². The molecule has 2 amide bonds. The van der Waals surface area contributed by atoms with Gasteiger partial charge in [0.25, 0.3) is 0 Å². The topological polar surface area (TPSA) is 176 Å². The summed E-state index contributed by atoms with van der Waals surface area (Å²) in [6.07, 6.45) is 15.2. The second kappa shape index (κ2) is 20.8. The zero-order valence-electron chi connectivity index (χ0n) is 40.9. The van der Waals surface area contributed by atoms with Crippen LogP contribution in [0.5, 0.6) is 11.5 Å². The highest BCUT2D eigenvalue weighted by molar-refractivity contribution is 6.05. The van der Waals surface area contributed by atoms with Gasteiger partial charge in [-0.3, -0.25) is 9.59 Å². The molecule has 0 unspecified atom stereocenters. The maximum Gasteiger partial charge on any atom is 0.337 e. The van der Waals surface area contributed by atoms with Crippen LogP contribution in [0.4, 0.5) is 0 Å². The van der Waals surface area contributed by atoms with Gasteiger partial charge in [0.15, 0.2) is 0 Å². The highest BCUT2D eigenvalue weighted by Gasteiger charge is 2.33. The van der Waals surface area contributed by atoms with E-state index in [4.69, 9.17) is 18.9 Å². The molecule has 14 heteroatoms. The molecule has 14 nitrogen and oxygen atoms in total. The number of carboxylic acid groups (broad SMARTS) is 1. The Morgan fingerprint density at radius 2 is 1.04 bits per heavy atom. The first kappa shape index (κ1) is 48.4. The van der Waals surface area contributed by atoms with Crippen LogP contribution < -0.4 is 20.1 Å². The molecule has 3 N–H and O–H groups in total. The molecule has 0 atom stereocenters. The summed E-state index contributed by atoms with van der Waals surface area (Å²) in [7, 11) is 7.51. The van der Waals surface area contributed by atoms with Crippen molar-refractivity contribution in [3.8, 4) is 34.0 Å². The minimum absolute atomic E-state index is 0.114. The lowest BCUT2D eigenvalue weighted by Gasteiger charge is -2.24. The van der Waals surface area contributed by atoms with Gasteiger partial charge in [-0.25, -0.2) is 14.4 Å². The lowest BCUT2D eigenvalue weighted by Crippen LogP contribution is -2.36. The average molecular weight is 961 g/mol. The van der Waals surface area contributed by atoms with Crippen molar-refractivity contribution in [3.63, 3.8) is 0 Å². The molecule has 2 aliphatic carbocycles. The van der Waals surface area contributed by atoms with Crippen molar-refractivity contribution in [1.29, 1.82) is 0 Å². The van der Waals surface area contributed by atoms with Crippen LogP contribution >= 0.6 is 0 Å². The van der Waals surface area contributed by atoms with Crippen LogP contribution in [0.3, 0.4) is 0 Å². The van der Waals surface area contributed by atoms with Gasteiger partial charge in [0.2, 0.25) is 11.8 Å². The maximum atomic E-state index is 13.3. The highest BCUT2D eigenvalue weighted by Crippen LogP contribution is 2.49. The number of nitrogens with zero attached hydrogens (tertiary/aromatic N) is 2. The quantitative estimate of drug-likeness (QED) is 0.112. The number of esters is 2. The van der Waals surface area contributed by atoms with Crippen LogP contribution in [0.15, 0.2) is 83.9 Å². The minimum atomic E-state index is -0.957. The lowest BCUT2D eigenvalue weighted by atomic mass is 9.81. The first-order chi connectivity index (χ1) is 34.5. The van der Waals surface area contributed by atoms with Crippen molar-refractivity contribution in [2.45, 2.75) is 89.1 Å². The first-order valence-electron chi connectivity index (χ1n) is 24.5. The van der Waals surface area contributed by atoms with Crippen molar-refractivity contribution in [2.24, 2.45) is 0 Å². The molecule has 0 radical (unpaired) electrons. The minimum Gasteiger partial charge on any atom is -0.497 e. The zero-order chi connectivity index (χ0) is 49.9. The number of amides is 2. The van der Waals surface area contributed by atoms with Gasteiger partial charge < -0.3 is 43.8 Å². The Morgan fingerprint density at radius 1 is 0.592 bits per heavy atom. The maximum absolute atomic E-state index is 13.3. The number of aromatic nitrogens is 2. The van der Waals surface area contributed by atoms with Gasteiger partial charge in [-0.2, -0.15) is 0 Å². The summed E-state index contributed by atoms with van der Waals surface area (Å²) in [4.78, 5) is 62.1. The smallest absolute Gasteiger partial charge is 0.337 e. The predicted molar refractivity (Wildman–Crippen MR) is 273 cm³/mol. The number of ether oxygens (including phenoxy) is 4. The summed E-state index contributed by atoms with van der Waals surface area (Å²) >= 11 is 0. The molecule has 6 aromatic rings. The fourth-order valence-corrected chi connectivity index (χ4v) is 11.2. The third kappa shape index (κ3) is 9.42. The number of rotatable bonds is 10. The number of methoxy groups -OCH3 is 4. The van der Waals surface area contributed by atoms with E-state index in [0.717, 1.165) is 81.1 Å². The number of hydrogen-bond acceptors (Lipinski definition) is 9. The number of hydrogen-bond donors (Lipinski definition) is 3. The summed E-state index contributed by atoms with van der Waals surface area (Å²) in [6.45, 7) is 0.395. The third-order valence-electron chi connectivity index (χ3n) is 14.7. The zero-order valence-corrected chi connectivity index (χ0v) is 40.9. The standard InChI is InChI=1S/C30H33N3O5.C27H27NO5/c1-31-26(34)16-32-29(35)21-13-20-14-22(37-2)10-12-23(20)28-27(18-7-5-4-6-8-18)24-11-9-19(30(36)38-3)15-25(24)33(28)17-21;1-32-20-9-11-21-18(13-20)12-19(26(29)30)15-28-23-14-17(27(31)33-2)8-10-22(23)24(25(21)28)16-6-4-3-5-7-16/h9-15,18H,4-8,16-17H2,1-3H3,(H,31,34)(H,32,35);8-14,16H,3-7,15H2,1-2H3,(H,29,30). The Morgan fingerprint density at radius 3 is 1.46 bits per heavy atom. The number of nitrogens with one attached hydrogen (secondary N) is 2. The van der Waals surface area contributed by atoms with Crippen molar-refractivity contribution in [1.82, 2.24) is 19.8 Å². The predicted octanol–water partition coefficient (Wildman–Crippen LogP) is 10.0. The fraction of sp³-hybridized carbons (Fsp3) is 0.351. The third-order valence-corrected chi connectivity index (χ3v) is 14.7. The van der Waals surface area contributed by atoms with Crippen LogP contribution in [0.25, 0.3) is 56.5 Å². The van der Waals surface area contributed by atoms with Gasteiger partial charge in [-0.15, -0.1) is 0 Å². The number of fused-ring (bicyclic) bond motifs is 10. The number of carbonyl (C=O) groups is 5. The van der Waals surface area contributed by atoms with E-state index in [1.807, 2.05) is 78.9 Å². The molecular weight excluding hydrogens is 901 g/mol. The molecule has 71 heavy (non-hydrogen) atoms. The van der Waals surface area contributed by atoms with Crippen LogP contribution in [-0.4, -0.2) is 86.0 Å². The number of likely N-dealkylation sites (N-methyl/N-ethyl adjacent to an activating group) is 1. The number of benzene rings is 4. The van der Waals surface area contributed by atoms with Crippen LogP contribution in [0.2, 0.25) is 0 Å². The summed E-state index contributed by atoms with van der Waals surface area (Å²) in [5.41, 5.74) is 11.8. The van der Waals surface area contributed by atoms with Crippen LogP contribution in [0, 0.1) is 0 Å². The Labute approximate surface area is 412 Å². The summed E-state index contributed by atoms with van der Waals surface area (Å²) < 4.78 is 25.1. The molecular formula is C57H60N4O10. The van der Waals surface area contributed by atoms with Crippen LogP contribution in [-0.2, 0) is 36.9 Å². The second-order valence-electron chi connectivity index (χ2n) is 18.7. The monoisotopic (exact) mass is 960 g/mol. The molecule has 2 aliphatic heterocycles. The Hall–Kier alpha value is -7.61. The van der Waals surface area contributed by atoms with E-state index in [0.29, 0.717) is 52.2 Å². The van der Waals surface area contributed by atoms with Gasteiger partial charge in [0.1, 0.15) is 11.5 Å². The number of aliphatic carboxylic acids is 1. The van der Waals surface area contributed by atoms with Gasteiger partial charge in [0.05, 0.1) is 76.2 Å². The molecule has 2 aromatic heterocycles. The average Bonchev–Trinajstić information content (AvgIpc) is 3.75. The fourth-order valence-electron chi connectivity index (χ4n) is 11.2. The van der Waals surface area contributed by atoms with Crippen molar-refractivity contribution in [2.75, 3.05) is 42.0 Å². The first-order valence-corrected chi connectivity index (χ1v) is 24.5. The highest BCUT2D eigenvalue weighted by atomic mass is 16.5. The van der Waals surface area contributed by atoms with Crippen LogP contribution in [0.1, 0.15) is 119 Å². The van der Waals surface area contributed by atoms with E-state index in [9.17, 15) is 29.1 Å². The molecule has 0 saturated heterocycles. The van der Waals surface area contributed by atoms with Gasteiger partial charge >= 0.3 is 17.9 Å². The molecule has 2 saturated carbocycles. The van der Waals surface area contributed by atoms with E-state index in [1.54, 1.807) is 20.3 Å². The van der Waals surface area contributed by atoms with E-state index in [1.165, 1.54) is 70.9 Å². The molecule has 4 aliphatic rings. The largest absolute Gasteiger partial charge is 0.497 e. The molecule has 4 heterocycles. The van der Waals surface area contributed by atoms with E-state index >= 15 is 0 Å². The Bertz CT molecular complexity index is 3160. The molecule has 368 valence electrons. The van der Waals surface area contributed by atoms with Crippen molar-refractivity contribution >= 4 is 63.7 Å². The molecule has 0 spiro atoms. The Balaban J connectivity index is 0.000000177. The molecule has 4 aromatic carbocycles. The van der Waals surface area contributed by atoms with E-state index in [-0.39, 0.29) is 24.9 Å². The normalized spacial score (nSPS) is 15.5. The summed E-state index contributed by atoms with van der Waals surface area (Å²) in [6, 6.07) is 23.1. The summed E-state index contributed by atoms with van der Waals surface area (Å²) in [5.74, 6) is -0.202. The second-order valence-corrected chi connectivity index (χ2v) is 18.7. The molecule has 10 rings (SSSR count). The summed E-state index contributed by atoms with van der Waals surface area (Å²) in [5, 5.41) is 17.4. The number of carboxylic acids is 1. The molecule has 0 bridgehead atoms. The lowest BCUT2D eigenvalue weighted by molar-refractivity contribution is -0.132. The van der Waals surface area contributed by atoms with Gasteiger partial charge in [-0.05, 0) is 133 Å². The number of carbonyl (C=O) groups excluding carboxylic acids is 4. The van der Waals surface area contributed by atoms with Crippen molar-refractivity contribution < 1.29 is 48.0 Å². The van der Waals surface area contributed by atoms with E-state index in [2.05, 4.69) is 19.8 Å². The Kier molecular flexibility index (Phi) is 14.2. The molecule has 2 fully saturated rings. The van der Waals surface area contributed by atoms with E-state index < -0.39 is 17.9 Å².